The van der Waals surface area contributed by atoms with Crippen molar-refractivity contribution in [1.82, 2.24) is 4.98 Å². The van der Waals surface area contributed by atoms with Gasteiger partial charge in [0.25, 0.3) is 0 Å². The number of aromatic nitrogens is 1. The van der Waals surface area contributed by atoms with Crippen LogP contribution in [0.15, 0.2) is 18.3 Å². The molecule has 162 valence electrons. The molecule has 3 heteroatoms. The van der Waals surface area contributed by atoms with Crippen molar-refractivity contribution in [3.8, 4) is 5.75 Å². The second-order valence-electron chi connectivity index (χ2n) is 9.60. The average molecular weight is 400 g/mol. The third-order valence-electron chi connectivity index (χ3n) is 7.44. The molecule has 2 saturated carbocycles. The van der Waals surface area contributed by atoms with E-state index in [1.807, 2.05) is 19.1 Å². The van der Waals surface area contributed by atoms with Gasteiger partial charge in [0.2, 0.25) is 0 Å². The molecule has 0 N–H and O–H groups in total. The number of aryl methyl sites for hydroxylation is 1. The number of nitrogens with zero attached hydrogens (tertiary/aromatic N) is 1. The Morgan fingerprint density at radius 1 is 0.897 bits per heavy atom. The molecule has 0 aliphatic heterocycles. The highest BCUT2D eigenvalue weighted by Crippen LogP contribution is 2.42. The SMILES string of the molecule is CCCC(=O)Oc1ccc(CC[C@H]2CC[C@H]([C@H]3CC[C@H](CCC)CC3)CC2)nc1. The van der Waals surface area contributed by atoms with Crippen LogP contribution in [0.4, 0.5) is 0 Å². The molecule has 0 saturated heterocycles. The van der Waals surface area contributed by atoms with Crippen molar-refractivity contribution in [3.63, 3.8) is 0 Å². The summed E-state index contributed by atoms with van der Waals surface area (Å²) in [6.45, 7) is 4.31. The minimum absolute atomic E-state index is 0.169. The van der Waals surface area contributed by atoms with E-state index in [-0.39, 0.29) is 5.97 Å². The van der Waals surface area contributed by atoms with Crippen molar-refractivity contribution in [2.45, 2.75) is 104 Å². The molecule has 0 atom stereocenters. The summed E-state index contributed by atoms with van der Waals surface area (Å²) in [7, 11) is 0. The molecule has 2 fully saturated rings. The molecule has 1 aromatic heterocycles. The van der Waals surface area contributed by atoms with Gasteiger partial charge in [-0.1, -0.05) is 52.4 Å². The smallest absolute Gasteiger partial charge is 0.311 e. The molecule has 0 spiro atoms. The Kier molecular flexibility index (Phi) is 9.01. The van der Waals surface area contributed by atoms with Crippen molar-refractivity contribution >= 4 is 5.97 Å². The van der Waals surface area contributed by atoms with Gasteiger partial charge in [-0.05, 0) is 80.8 Å². The van der Waals surface area contributed by atoms with Gasteiger partial charge in [0, 0.05) is 12.1 Å². The van der Waals surface area contributed by atoms with E-state index in [9.17, 15) is 4.79 Å². The van der Waals surface area contributed by atoms with Crippen molar-refractivity contribution in [2.24, 2.45) is 23.7 Å². The van der Waals surface area contributed by atoms with Gasteiger partial charge in [-0.15, -0.1) is 0 Å². The first-order valence-corrected chi connectivity index (χ1v) is 12.3. The van der Waals surface area contributed by atoms with Crippen LogP contribution in [0.3, 0.4) is 0 Å². The van der Waals surface area contributed by atoms with Crippen LogP contribution < -0.4 is 4.74 Å². The van der Waals surface area contributed by atoms with Gasteiger partial charge in [-0.3, -0.25) is 9.78 Å². The zero-order chi connectivity index (χ0) is 20.5. The molecule has 0 amide bonds. The maximum Gasteiger partial charge on any atom is 0.311 e. The van der Waals surface area contributed by atoms with Crippen molar-refractivity contribution in [2.75, 3.05) is 0 Å². The molecule has 1 heterocycles. The summed E-state index contributed by atoms with van der Waals surface area (Å²) in [6.07, 6.45) is 19.8. The van der Waals surface area contributed by atoms with E-state index in [2.05, 4.69) is 11.9 Å². The summed E-state index contributed by atoms with van der Waals surface area (Å²) in [5.41, 5.74) is 1.12. The van der Waals surface area contributed by atoms with Crippen LogP contribution in [0.1, 0.15) is 103 Å². The minimum Gasteiger partial charge on any atom is -0.425 e. The van der Waals surface area contributed by atoms with Crippen molar-refractivity contribution in [3.05, 3.63) is 24.0 Å². The van der Waals surface area contributed by atoms with E-state index < -0.39 is 0 Å². The molecular weight excluding hydrogens is 358 g/mol. The lowest BCUT2D eigenvalue weighted by Crippen LogP contribution is -2.26. The summed E-state index contributed by atoms with van der Waals surface area (Å²) in [4.78, 5) is 16.1. The molecular formula is C26H41NO2. The topological polar surface area (TPSA) is 39.2 Å². The molecule has 3 rings (SSSR count). The van der Waals surface area contributed by atoms with Gasteiger partial charge in [-0.25, -0.2) is 0 Å². The van der Waals surface area contributed by atoms with E-state index in [4.69, 9.17) is 4.74 Å². The van der Waals surface area contributed by atoms with Crippen LogP contribution in [0.2, 0.25) is 0 Å². The Bertz CT molecular complexity index is 596. The highest BCUT2D eigenvalue weighted by atomic mass is 16.5. The molecule has 0 radical (unpaired) electrons. The summed E-state index contributed by atoms with van der Waals surface area (Å²) in [5, 5.41) is 0. The molecule has 0 unspecified atom stereocenters. The maximum atomic E-state index is 11.6. The predicted molar refractivity (Wildman–Crippen MR) is 119 cm³/mol. The van der Waals surface area contributed by atoms with Gasteiger partial charge >= 0.3 is 5.97 Å². The number of hydrogen-bond acceptors (Lipinski definition) is 3. The molecule has 2 aliphatic carbocycles. The minimum atomic E-state index is -0.169. The Morgan fingerprint density at radius 2 is 1.52 bits per heavy atom. The number of carbonyl (C=O) groups excluding carboxylic acids is 1. The van der Waals surface area contributed by atoms with Crippen molar-refractivity contribution < 1.29 is 9.53 Å². The molecule has 29 heavy (non-hydrogen) atoms. The van der Waals surface area contributed by atoms with Gasteiger partial charge in [0.1, 0.15) is 5.75 Å². The van der Waals surface area contributed by atoms with Gasteiger partial charge in [0.15, 0.2) is 0 Å². The van der Waals surface area contributed by atoms with Crippen LogP contribution in [0.25, 0.3) is 0 Å². The molecule has 1 aromatic rings. The van der Waals surface area contributed by atoms with Crippen molar-refractivity contribution in [1.29, 1.82) is 0 Å². The fourth-order valence-electron chi connectivity index (χ4n) is 5.66. The van der Waals surface area contributed by atoms with Crippen LogP contribution in [-0.4, -0.2) is 11.0 Å². The standard InChI is InChI=1S/C26H41NO2/c1-3-5-20-7-12-22(13-8-20)23-14-9-21(10-15-23)11-16-24-17-18-25(19-27-24)29-26(28)6-4-2/h17-23H,3-16H2,1-2H3/t20-,21-,22-,23-. The van der Waals surface area contributed by atoms with Gasteiger partial charge in [-0.2, -0.15) is 0 Å². The van der Waals surface area contributed by atoms with Gasteiger partial charge < -0.3 is 4.74 Å². The van der Waals surface area contributed by atoms with E-state index in [1.165, 1.54) is 70.6 Å². The number of esters is 1. The lowest BCUT2D eigenvalue weighted by atomic mass is 9.68. The zero-order valence-corrected chi connectivity index (χ0v) is 18.7. The highest BCUT2D eigenvalue weighted by molar-refractivity contribution is 5.72. The first-order chi connectivity index (χ1) is 14.2. The van der Waals surface area contributed by atoms with Crippen LogP contribution >= 0.6 is 0 Å². The van der Waals surface area contributed by atoms with E-state index in [1.54, 1.807) is 6.20 Å². The number of pyridine rings is 1. The fourth-order valence-corrected chi connectivity index (χ4v) is 5.66. The van der Waals surface area contributed by atoms with E-state index in [0.717, 1.165) is 42.2 Å². The first kappa shape index (κ1) is 22.3. The Hall–Kier alpha value is -1.38. The first-order valence-electron chi connectivity index (χ1n) is 12.3. The monoisotopic (exact) mass is 399 g/mol. The Balaban J connectivity index is 1.34. The summed E-state index contributed by atoms with van der Waals surface area (Å²) in [6, 6.07) is 3.91. The van der Waals surface area contributed by atoms with E-state index >= 15 is 0 Å². The molecule has 0 aromatic carbocycles. The Morgan fingerprint density at radius 3 is 2.03 bits per heavy atom. The third-order valence-corrected chi connectivity index (χ3v) is 7.44. The Labute approximate surface area is 178 Å². The number of carbonyl (C=O) groups is 1. The number of rotatable bonds is 9. The second kappa shape index (κ2) is 11.7. The van der Waals surface area contributed by atoms with Gasteiger partial charge in [0.05, 0.1) is 6.20 Å². The fraction of sp³-hybridized carbons (Fsp3) is 0.769. The van der Waals surface area contributed by atoms with Crippen LogP contribution in [0, 0.1) is 23.7 Å². The molecule has 2 aliphatic rings. The quantitative estimate of drug-likeness (QED) is 0.414. The summed E-state index contributed by atoms with van der Waals surface area (Å²) in [5.74, 6) is 4.32. The highest BCUT2D eigenvalue weighted by Gasteiger charge is 2.30. The third kappa shape index (κ3) is 7.12. The second-order valence-corrected chi connectivity index (χ2v) is 9.60. The number of ether oxygens (including phenoxy) is 1. The lowest BCUT2D eigenvalue weighted by Gasteiger charge is -2.38. The van der Waals surface area contributed by atoms with E-state index in [0.29, 0.717) is 12.2 Å². The average Bonchev–Trinajstić information content (AvgIpc) is 2.75. The summed E-state index contributed by atoms with van der Waals surface area (Å²) < 4.78 is 5.29. The maximum absolute atomic E-state index is 11.6. The molecule has 0 bridgehead atoms. The molecule has 3 nitrogen and oxygen atoms in total. The zero-order valence-electron chi connectivity index (χ0n) is 18.7. The largest absolute Gasteiger partial charge is 0.425 e. The predicted octanol–water partition coefficient (Wildman–Crippen LogP) is 7.13. The lowest BCUT2D eigenvalue weighted by molar-refractivity contribution is -0.134. The normalized spacial score (nSPS) is 27.5. The summed E-state index contributed by atoms with van der Waals surface area (Å²) >= 11 is 0. The van der Waals surface area contributed by atoms with Crippen LogP contribution in [0.5, 0.6) is 5.75 Å². The number of hydrogen-bond donors (Lipinski definition) is 0. The van der Waals surface area contributed by atoms with Crippen LogP contribution in [-0.2, 0) is 11.2 Å².